The van der Waals surface area contributed by atoms with Gasteiger partial charge in [0, 0.05) is 12.8 Å². The lowest BCUT2D eigenvalue weighted by atomic mass is 9.96. The lowest BCUT2D eigenvalue weighted by Gasteiger charge is -2.28. The average molecular weight is 347 g/mol. The summed E-state index contributed by atoms with van der Waals surface area (Å²) in [7, 11) is 1.44. The molecule has 1 atom stereocenters. The Balaban J connectivity index is 1.86. The molecule has 1 amide bonds. The number of esters is 1. The van der Waals surface area contributed by atoms with Gasteiger partial charge < -0.3 is 15.0 Å². The van der Waals surface area contributed by atoms with Crippen LogP contribution in [-0.2, 0) is 14.3 Å². The van der Waals surface area contributed by atoms with Crippen LogP contribution in [0, 0.1) is 11.8 Å². The summed E-state index contributed by atoms with van der Waals surface area (Å²) in [6.45, 7) is 6.49. The molecule has 25 heavy (non-hydrogen) atoms. The van der Waals surface area contributed by atoms with Gasteiger partial charge in [-0.3, -0.25) is 9.59 Å². The number of piperidine rings is 1. The molecule has 0 aromatic heterocycles. The number of carbonyl (C=O) groups excluding carboxylic acids is 2. The largest absolute Gasteiger partial charge is 0.469 e. The molecule has 1 fully saturated rings. The van der Waals surface area contributed by atoms with Gasteiger partial charge in [-0.15, -0.1) is 0 Å². The van der Waals surface area contributed by atoms with Crippen LogP contribution in [0.3, 0.4) is 0 Å². The minimum absolute atomic E-state index is 0.00480. The van der Waals surface area contributed by atoms with Crippen LogP contribution in [-0.4, -0.2) is 38.6 Å². The topological polar surface area (TPSA) is 59.8 Å². The molecule has 1 aromatic carbocycles. The summed E-state index contributed by atoms with van der Waals surface area (Å²) in [5.41, 5.74) is 1.16. The first-order chi connectivity index (χ1) is 12.0. The van der Waals surface area contributed by atoms with Crippen molar-refractivity contribution in [3.8, 4) is 0 Å². The number of carbonyl (C=O) groups is 2. The molecule has 5 nitrogen and oxygen atoms in total. The van der Waals surface area contributed by atoms with E-state index in [-0.39, 0.29) is 23.8 Å². The van der Waals surface area contributed by atoms with Crippen LogP contribution in [0.25, 0.3) is 0 Å². The van der Waals surface area contributed by atoms with Crippen molar-refractivity contribution >= 4 is 11.9 Å². The molecule has 1 aliphatic rings. The van der Waals surface area contributed by atoms with E-state index in [1.165, 1.54) is 12.0 Å². The number of hydrogen-bond acceptors (Lipinski definition) is 3. The Kier molecular flexibility index (Phi) is 7.44. The number of likely N-dealkylation sites (tertiary alicyclic amines) is 1. The van der Waals surface area contributed by atoms with E-state index < -0.39 is 0 Å². The van der Waals surface area contributed by atoms with E-state index in [0.717, 1.165) is 37.9 Å². The van der Waals surface area contributed by atoms with E-state index in [4.69, 9.17) is 4.74 Å². The Bertz CT molecular complexity index is 551. The number of benzene rings is 1. The quantitative estimate of drug-likeness (QED) is 0.732. The van der Waals surface area contributed by atoms with E-state index in [1.54, 1.807) is 0 Å². The third-order valence-electron chi connectivity index (χ3n) is 4.88. The lowest BCUT2D eigenvalue weighted by molar-refractivity contribution is -0.897. The molecule has 1 heterocycles. The highest BCUT2D eigenvalue weighted by atomic mass is 16.5. The van der Waals surface area contributed by atoms with Gasteiger partial charge >= 0.3 is 5.97 Å². The van der Waals surface area contributed by atoms with Crippen LogP contribution in [0.2, 0.25) is 0 Å². The molecule has 5 heteroatoms. The second kappa shape index (κ2) is 9.56. The molecule has 1 aromatic rings. The molecule has 0 bridgehead atoms. The highest BCUT2D eigenvalue weighted by Crippen LogP contribution is 2.20. The molecule has 138 valence electrons. The predicted molar refractivity (Wildman–Crippen MR) is 97.1 cm³/mol. The number of methoxy groups -OCH3 is 1. The van der Waals surface area contributed by atoms with Crippen molar-refractivity contribution in [2.45, 2.75) is 39.2 Å². The van der Waals surface area contributed by atoms with E-state index in [9.17, 15) is 9.59 Å². The maximum absolute atomic E-state index is 12.5. The second-order valence-electron chi connectivity index (χ2n) is 7.38. The summed E-state index contributed by atoms with van der Waals surface area (Å²) in [5, 5.41) is 3.21. The fourth-order valence-corrected chi connectivity index (χ4v) is 3.51. The second-order valence-corrected chi connectivity index (χ2v) is 7.38. The zero-order chi connectivity index (χ0) is 18.2. The van der Waals surface area contributed by atoms with Crippen molar-refractivity contribution < 1.29 is 19.2 Å². The van der Waals surface area contributed by atoms with Crippen molar-refractivity contribution in [2.24, 2.45) is 11.8 Å². The SMILES string of the molecule is COC(=O)C1CC[NH+](CC(=O)N[C@@H](CC(C)C)c2ccccc2)CC1. The Morgan fingerprint density at radius 1 is 1.20 bits per heavy atom. The van der Waals surface area contributed by atoms with Crippen LogP contribution in [0.1, 0.15) is 44.7 Å². The van der Waals surface area contributed by atoms with Crippen LogP contribution in [0.5, 0.6) is 0 Å². The van der Waals surface area contributed by atoms with Gasteiger partial charge in [0.15, 0.2) is 6.54 Å². The number of ether oxygens (including phenoxy) is 1. The summed E-state index contributed by atoms with van der Waals surface area (Å²) in [5.74, 6) is 0.467. The molecular weight excluding hydrogens is 316 g/mol. The zero-order valence-electron chi connectivity index (χ0n) is 15.6. The minimum Gasteiger partial charge on any atom is -0.469 e. The minimum atomic E-state index is -0.121. The van der Waals surface area contributed by atoms with E-state index >= 15 is 0 Å². The van der Waals surface area contributed by atoms with Gasteiger partial charge in [-0.1, -0.05) is 44.2 Å². The van der Waals surface area contributed by atoms with Crippen LogP contribution in [0.15, 0.2) is 30.3 Å². The van der Waals surface area contributed by atoms with E-state index in [2.05, 4.69) is 31.3 Å². The lowest BCUT2D eigenvalue weighted by Crippen LogP contribution is -3.14. The molecule has 2 N–H and O–H groups in total. The fraction of sp³-hybridized carbons (Fsp3) is 0.600. The zero-order valence-corrected chi connectivity index (χ0v) is 15.6. The van der Waals surface area contributed by atoms with Gasteiger partial charge in [0.2, 0.25) is 0 Å². The number of rotatable bonds is 7. The summed E-state index contributed by atoms with van der Waals surface area (Å²) in [4.78, 5) is 25.4. The van der Waals surface area contributed by atoms with Gasteiger partial charge in [-0.25, -0.2) is 0 Å². The maximum atomic E-state index is 12.5. The summed E-state index contributed by atoms with van der Waals surface area (Å²) < 4.78 is 4.82. The number of amides is 1. The van der Waals surface area contributed by atoms with Crippen molar-refractivity contribution in [2.75, 3.05) is 26.7 Å². The molecule has 0 saturated carbocycles. The average Bonchev–Trinajstić information content (AvgIpc) is 2.61. The Morgan fingerprint density at radius 3 is 2.40 bits per heavy atom. The Morgan fingerprint density at radius 2 is 1.84 bits per heavy atom. The van der Waals surface area contributed by atoms with E-state index in [1.807, 2.05) is 18.2 Å². The molecule has 0 aliphatic carbocycles. The third kappa shape index (κ3) is 6.16. The van der Waals surface area contributed by atoms with Gasteiger partial charge in [0.1, 0.15) is 0 Å². The van der Waals surface area contributed by atoms with Crippen molar-refractivity contribution in [3.05, 3.63) is 35.9 Å². The highest BCUT2D eigenvalue weighted by molar-refractivity contribution is 5.77. The monoisotopic (exact) mass is 347 g/mol. The first kappa shape index (κ1) is 19.4. The van der Waals surface area contributed by atoms with Gasteiger partial charge in [0.25, 0.3) is 5.91 Å². The molecular formula is C20H31N2O3+. The van der Waals surface area contributed by atoms with Crippen LogP contribution in [0.4, 0.5) is 0 Å². The molecule has 0 unspecified atom stereocenters. The first-order valence-corrected chi connectivity index (χ1v) is 9.25. The van der Waals surface area contributed by atoms with Crippen LogP contribution < -0.4 is 10.2 Å². The number of hydrogen-bond donors (Lipinski definition) is 2. The Labute approximate surface area is 150 Å². The fourth-order valence-electron chi connectivity index (χ4n) is 3.51. The van der Waals surface area contributed by atoms with Gasteiger partial charge in [0.05, 0.1) is 32.2 Å². The van der Waals surface area contributed by atoms with Gasteiger partial charge in [-0.05, 0) is 17.9 Å². The van der Waals surface area contributed by atoms with Crippen molar-refractivity contribution in [1.82, 2.24) is 5.32 Å². The normalized spacial score (nSPS) is 21.6. The molecule has 0 spiro atoms. The first-order valence-electron chi connectivity index (χ1n) is 9.25. The third-order valence-corrected chi connectivity index (χ3v) is 4.88. The van der Waals surface area contributed by atoms with E-state index in [0.29, 0.717) is 12.5 Å². The Hall–Kier alpha value is -1.88. The summed E-state index contributed by atoms with van der Waals surface area (Å²) >= 11 is 0. The molecule has 1 aliphatic heterocycles. The van der Waals surface area contributed by atoms with Crippen molar-refractivity contribution in [3.63, 3.8) is 0 Å². The number of nitrogens with one attached hydrogen (secondary N) is 2. The highest BCUT2D eigenvalue weighted by Gasteiger charge is 2.29. The number of quaternary nitrogens is 1. The van der Waals surface area contributed by atoms with Crippen molar-refractivity contribution in [1.29, 1.82) is 0 Å². The smallest absolute Gasteiger partial charge is 0.309 e. The van der Waals surface area contributed by atoms with Gasteiger partial charge in [-0.2, -0.15) is 0 Å². The summed E-state index contributed by atoms with van der Waals surface area (Å²) in [6, 6.07) is 10.2. The molecule has 2 rings (SSSR count). The maximum Gasteiger partial charge on any atom is 0.309 e. The molecule has 1 saturated heterocycles. The molecule has 0 radical (unpaired) electrons. The summed E-state index contributed by atoms with van der Waals surface area (Å²) in [6.07, 6.45) is 2.52. The standard InChI is InChI=1S/C20H30N2O3/c1-15(2)13-18(16-7-5-4-6-8-16)21-19(23)14-22-11-9-17(10-12-22)20(24)25-3/h4-8,15,17-18H,9-14H2,1-3H3,(H,21,23)/p+1/t18-/m0/s1. The predicted octanol–water partition coefficient (Wildman–Crippen LogP) is 1.36. The van der Waals surface area contributed by atoms with Crippen LogP contribution >= 0.6 is 0 Å².